The lowest BCUT2D eigenvalue weighted by Crippen LogP contribution is -2.08. The molecule has 0 atom stereocenters. The molecule has 26 heavy (non-hydrogen) atoms. The number of aliphatic hydroxyl groups excluding tert-OH is 1. The van der Waals surface area contributed by atoms with Crippen LogP contribution < -0.4 is 4.90 Å². The molecule has 2 aromatic rings. The molecule has 0 amide bonds. The van der Waals surface area contributed by atoms with Crippen LogP contribution in [0.1, 0.15) is 36.8 Å². The van der Waals surface area contributed by atoms with Crippen molar-refractivity contribution >= 4 is 11.3 Å². The van der Waals surface area contributed by atoms with Crippen molar-refractivity contribution < 1.29 is 14.6 Å². The van der Waals surface area contributed by atoms with Crippen molar-refractivity contribution in [1.82, 2.24) is 0 Å². The number of ether oxygens (including phenoxy) is 2. The van der Waals surface area contributed by atoms with Gasteiger partial charge in [0.25, 0.3) is 0 Å². The topological polar surface area (TPSA) is 41.9 Å². The predicted octanol–water partition coefficient (Wildman–Crippen LogP) is 4.49. The molecule has 4 heteroatoms. The quantitative estimate of drug-likeness (QED) is 0.875. The zero-order chi connectivity index (χ0) is 19.5. The number of benzene rings is 2. The summed E-state index contributed by atoms with van der Waals surface area (Å²) in [4.78, 5) is 2.09. The molecule has 1 fully saturated rings. The second-order valence-electron chi connectivity index (χ2n) is 5.62. The van der Waals surface area contributed by atoms with Gasteiger partial charge < -0.3 is 19.5 Å². The van der Waals surface area contributed by atoms with Crippen molar-refractivity contribution in [1.29, 1.82) is 0 Å². The second-order valence-corrected chi connectivity index (χ2v) is 5.62. The molecule has 3 rings (SSSR count). The molecule has 0 saturated carbocycles. The van der Waals surface area contributed by atoms with E-state index in [1.807, 2.05) is 40.1 Å². The van der Waals surface area contributed by atoms with Gasteiger partial charge in [-0.05, 0) is 34.9 Å². The second kappa shape index (κ2) is 11.5. The first-order valence-electron chi connectivity index (χ1n) is 8.90. The van der Waals surface area contributed by atoms with Gasteiger partial charge in [0.2, 0.25) is 0 Å². The minimum absolute atomic E-state index is 0.246. The molecule has 0 unspecified atom stereocenters. The maximum atomic E-state index is 7.00. The maximum Gasteiger partial charge on any atom is 0.184 e. The maximum absolute atomic E-state index is 7.00. The Labute approximate surface area is 157 Å². The number of hydrogen-bond donors (Lipinski definition) is 1. The summed E-state index contributed by atoms with van der Waals surface area (Å²) in [7, 11) is 5.07. The Morgan fingerprint density at radius 1 is 0.962 bits per heavy atom. The van der Waals surface area contributed by atoms with Crippen molar-refractivity contribution in [2.75, 3.05) is 39.3 Å². The van der Waals surface area contributed by atoms with E-state index in [2.05, 4.69) is 47.9 Å². The van der Waals surface area contributed by atoms with Gasteiger partial charge in [-0.3, -0.25) is 0 Å². The van der Waals surface area contributed by atoms with Crippen LogP contribution in [0.25, 0.3) is 5.57 Å². The van der Waals surface area contributed by atoms with E-state index in [4.69, 9.17) is 14.6 Å². The normalized spacial score (nSPS) is 13.2. The first-order valence-corrected chi connectivity index (χ1v) is 8.90. The number of aliphatic hydroxyl groups is 1. The molecule has 0 bridgehead atoms. The lowest BCUT2D eigenvalue weighted by atomic mass is 9.97. The third-order valence-electron chi connectivity index (χ3n) is 3.86. The Morgan fingerprint density at radius 3 is 2.08 bits per heavy atom. The molecule has 1 N–H and O–H groups in total. The molecule has 4 nitrogen and oxygen atoms in total. The highest BCUT2D eigenvalue weighted by molar-refractivity contribution is 5.79. The van der Waals surface area contributed by atoms with E-state index in [1.165, 1.54) is 5.69 Å². The van der Waals surface area contributed by atoms with Gasteiger partial charge in [-0.1, -0.05) is 50.8 Å². The van der Waals surface area contributed by atoms with Gasteiger partial charge in [0.15, 0.2) is 6.29 Å². The summed E-state index contributed by atoms with van der Waals surface area (Å²) in [6.45, 7) is 9.55. The van der Waals surface area contributed by atoms with Crippen molar-refractivity contribution in [3.63, 3.8) is 0 Å². The van der Waals surface area contributed by atoms with Gasteiger partial charge in [-0.2, -0.15) is 0 Å². The molecule has 142 valence electrons. The van der Waals surface area contributed by atoms with Crippen LogP contribution in [0.5, 0.6) is 0 Å². The highest BCUT2D eigenvalue weighted by Gasteiger charge is 2.18. The van der Waals surface area contributed by atoms with Crippen molar-refractivity contribution in [2.24, 2.45) is 0 Å². The largest absolute Gasteiger partial charge is 0.400 e. The van der Waals surface area contributed by atoms with Gasteiger partial charge >= 0.3 is 0 Å². The summed E-state index contributed by atoms with van der Waals surface area (Å²) in [6.07, 6.45) is -0.246. The number of hydrogen-bond acceptors (Lipinski definition) is 4. The fraction of sp³-hybridized carbons (Fsp3) is 0.364. The predicted molar refractivity (Wildman–Crippen MR) is 109 cm³/mol. The van der Waals surface area contributed by atoms with Crippen LogP contribution in [0, 0.1) is 0 Å². The highest BCUT2D eigenvalue weighted by Crippen LogP contribution is 2.28. The Hall–Kier alpha value is -2.14. The van der Waals surface area contributed by atoms with Crippen LogP contribution >= 0.6 is 0 Å². The molecule has 0 radical (unpaired) electrons. The average Bonchev–Trinajstić information content (AvgIpc) is 3.25. The molecule has 0 spiro atoms. The minimum Gasteiger partial charge on any atom is -0.400 e. The zero-order valence-corrected chi connectivity index (χ0v) is 16.5. The molecular weight excluding hydrogens is 326 g/mol. The van der Waals surface area contributed by atoms with E-state index in [1.54, 1.807) is 0 Å². The molecule has 1 aliphatic rings. The van der Waals surface area contributed by atoms with E-state index in [0.29, 0.717) is 13.2 Å². The van der Waals surface area contributed by atoms with Gasteiger partial charge in [0, 0.05) is 32.5 Å². The summed E-state index contributed by atoms with van der Waals surface area (Å²) in [5.41, 5.74) is 5.44. The fourth-order valence-corrected chi connectivity index (χ4v) is 2.55. The Morgan fingerprint density at radius 2 is 1.54 bits per heavy atom. The summed E-state index contributed by atoms with van der Waals surface area (Å²) in [5, 5.41) is 7.00. The van der Waals surface area contributed by atoms with E-state index in [0.717, 1.165) is 29.4 Å². The lowest BCUT2D eigenvalue weighted by molar-refractivity contribution is -0.0441. The Bertz CT molecular complexity index is 659. The average molecular weight is 357 g/mol. The van der Waals surface area contributed by atoms with Crippen LogP contribution in [0.15, 0.2) is 55.1 Å². The third-order valence-corrected chi connectivity index (χ3v) is 3.86. The molecule has 1 saturated heterocycles. The number of anilines is 1. The van der Waals surface area contributed by atoms with E-state index < -0.39 is 0 Å². The number of nitrogens with zero attached hydrogens (tertiary/aromatic N) is 1. The van der Waals surface area contributed by atoms with Crippen molar-refractivity contribution in [3.8, 4) is 0 Å². The first-order chi connectivity index (χ1) is 12.6. The summed E-state index contributed by atoms with van der Waals surface area (Å²) >= 11 is 0. The highest BCUT2D eigenvalue weighted by atomic mass is 16.7. The van der Waals surface area contributed by atoms with Gasteiger partial charge in [-0.25, -0.2) is 0 Å². The first kappa shape index (κ1) is 21.9. The Kier molecular flexibility index (Phi) is 9.66. The summed E-state index contributed by atoms with van der Waals surface area (Å²) < 4.78 is 11.1. The summed E-state index contributed by atoms with van der Waals surface area (Å²) in [5.74, 6) is 0. The van der Waals surface area contributed by atoms with Crippen LogP contribution in [0.2, 0.25) is 0 Å². The summed E-state index contributed by atoms with van der Waals surface area (Å²) in [6, 6.07) is 16.6. The lowest BCUT2D eigenvalue weighted by Gasteiger charge is -2.15. The van der Waals surface area contributed by atoms with Crippen molar-refractivity contribution in [3.05, 3.63) is 71.8 Å². The van der Waals surface area contributed by atoms with Crippen LogP contribution in [-0.4, -0.2) is 39.5 Å². The van der Waals surface area contributed by atoms with Gasteiger partial charge in [-0.15, -0.1) is 0 Å². The monoisotopic (exact) mass is 357 g/mol. The Balaban J connectivity index is 0.000000791. The van der Waals surface area contributed by atoms with E-state index in [-0.39, 0.29) is 6.29 Å². The molecule has 2 aromatic carbocycles. The zero-order valence-electron chi connectivity index (χ0n) is 16.5. The molecule has 0 aromatic heterocycles. The molecule has 1 aliphatic heterocycles. The number of rotatable bonds is 4. The third kappa shape index (κ3) is 5.70. The molecular formula is C22H31NO3. The molecule has 0 aliphatic carbocycles. The van der Waals surface area contributed by atoms with Crippen LogP contribution in [-0.2, 0) is 9.47 Å². The van der Waals surface area contributed by atoms with Crippen molar-refractivity contribution in [2.45, 2.75) is 20.1 Å². The van der Waals surface area contributed by atoms with Crippen LogP contribution in [0.3, 0.4) is 0 Å². The van der Waals surface area contributed by atoms with E-state index in [9.17, 15) is 0 Å². The smallest absolute Gasteiger partial charge is 0.184 e. The van der Waals surface area contributed by atoms with Gasteiger partial charge in [0.05, 0.1) is 13.2 Å². The molecule has 1 heterocycles. The van der Waals surface area contributed by atoms with E-state index >= 15 is 0 Å². The minimum atomic E-state index is -0.246. The SMILES string of the molecule is C=C(c1ccc(N(C)C)cc1)c1cccc(C2OCCO2)c1.CC.CO. The standard InChI is InChI=1S/C19H21NO2.C2H6.CH4O/c1-14(15-7-9-18(10-8-15)20(2)3)16-5-4-6-17(13-16)19-21-11-12-22-19;2*1-2/h4-10,13,19H,1,11-12H2,2-3H3;1-2H3;2H,1H3. The fourth-order valence-electron chi connectivity index (χ4n) is 2.55. The van der Waals surface area contributed by atoms with Gasteiger partial charge in [0.1, 0.15) is 0 Å². The van der Waals surface area contributed by atoms with Crippen LogP contribution in [0.4, 0.5) is 5.69 Å².